The van der Waals surface area contributed by atoms with Crippen molar-refractivity contribution in [2.75, 3.05) is 18.5 Å². The smallest absolute Gasteiger partial charge is 0.245 e. The van der Waals surface area contributed by atoms with Gasteiger partial charge in [-0.3, -0.25) is 9.69 Å². The highest BCUT2D eigenvalue weighted by Crippen LogP contribution is 2.25. The fraction of sp³-hybridized carbons (Fsp3) is 0.429. The highest BCUT2D eigenvalue weighted by molar-refractivity contribution is 5.98. The lowest BCUT2D eigenvalue weighted by atomic mass is 10.0. The van der Waals surface area contributed by atoms with E-state index < -0.39 is 6.04 Å². The van der Waals surface area contributed by atoms with E-state index in [1.54, 1.807) is 17.0 Å². The van der Waals surface area contributed by atoms with Gasteiger partial charge < -0.3 is 4.90 Å². The number of carbonyl (C=O) groups is 1. The Bertz CT molecular complexity index is 526. The van der Waals surface area contributed by atoms with Crippen LogP contribution < -0.4 is 4.90 Å². The lowest BCUT2D eigenvalue weighted by molar-refractivity contribution is -0.126. The molecular weight excluding hydrogens is 245 g/mol. The summed E-state index contributed by atoms with van der Waals surface area (Å²) in [7, 11) is 1.83. The Hall–Kier alpha value is -1.93. The number of benzene rings is 1. The molecule has 0 radical (unpaired) electrons. The van der Waals surface area contributed by atoms with E-state index in [1.165, 1.54) is 12.1 Å². The number of amides is 1. The van der Waals surface area contributed by atoms with Gasteiger partial charge in [-0.25, -0.2) is 4.39 Å². The fourth-order valence-electron chi connectivity index (χ4n) is 2.53. The molecule has 2 atom stereocenters. The van der Waals surface area contributed by atoms with Crippen molar-refractivity contribution >= 4 is 11.6 Å². The van der Waals surface area contributed by atoms with Crippen LogP contribution in [-0.4, -0.2) is 36.5 Å². The molecule has 1 amide bonds. The van der Waals surface area contributed by atoms with Crippen molar-refractivity contribution in [2.24, 2.45) is 0 Å². The molecular formula is C14H16FN3O. The average molecular weight is 261 g/mol. The minimum absolute atomic E-state index is 0.0470. The molecule has 1 aromatic rings. The Morgan fingerprint density at radius 3 is 2.89 bits per heavy atom. The molecule has 4 nitrogen and oxygen atoms in total. The van der Waals surface area contributed by atoms with Crippen LogP contribution in [0.25, 0.3) is 0 Å². The van der Waals surface area contributed by atoms with E-state index in [-0.39, 0.29) is 24.2 Å². The van der Waals surface area contributed by atoms with Gasteiger partial charge >= 0.3 is 0 Å². The molecule has 0 aliphatic carbocycles. The van der Waals surface area contributed by atoms with Crippen LogP contribution in [-0.2, 0) is 4.79 Å². The number of anilines is 1. The first kappa shape index (κ1) is 13.5. The van der Waals surface area contributed by atoms with Crippen LogP contribution in [0, 0.1) is 17.1 Å². The van der Waals surface area contributed by atoms with Crippen LogP contribution in [0.4, 0.5) is 10.1 Å². The summed E-state index contributed by atoms with van der Waals surface area (Å²) in [6.07, 6.45) is 0.147. The molecule has 1 saturated heterocycles. The molecule has 19 heavy (non-hydrogen) atoms. The molecule has 1 aromatic carbocycles. The number of rotatable bonds is 2. The second-order valence-electron chi connectivity index (χ2n) is 4.85. The van der Waals surface area contributed by atoms with E-state index in [0.29, 0.717) is 12.2 Å². The first-order valence-electron chi connectivity index (χ1n) is 6.20. The molecule has 1 fully saturated rings. The standard InChI is InChI=1S/C14H16FN3O/c1-10-9-17(2)13(6-7-16)14(19)18(10)12-5-3-4-11(15)8-12/h3-5,8,10,13H,6,9H2,1-2H3. The lowest BCUT2D eigenvalue weighted by Gasteiger charge is -2.42. The summed E-state index contributed by atoms with van der Waals surface area (Å²) >= 11 is 0. The fourth-order valence-corrected chi connectivity index (χ4v) is 2.53. The lowest BCUT2D eigenvalue weighted by Crippen LogP contribution is -2.59. The number of nitriles is 1. The number of likely N-dealkylation sites (N-methyl/N-ethyl adjacent to an activating group) is 1. The zero-order valence-electron chi connectivity index (χ0n) is 11.0. The molecule has 100 valence electrons. The second kappa shape index (κ2) is 5.37. The van der Waals surface area contributed by atoms with E-state index in [0.717, 1.165) is 0 Å². The van der Waals surface area contributed by atoms with Gasteiger partial charge in [0.2, 0.25) is 5.91 Å². The summed E-state index contributed by atoms with van der Waals surface area (Å²) in [6, 6.07) is 7.53. The molecule has 0 bridgehead atoms. The molecule has 1 aliphatic heterocycles. The average Bonchev–Trinajstić information content (AvgIpc) is 2.34. The van der Waals surface area contributed by atoms with Gasteiger partial charge in [-0.05, 0) is 32.2 Å². The maximum atomic E-state index is 13.3. The van der Waals surface area contributed by atoms with Gasteiger partial charge in [0.25, 0.3) is 0 Å². The highest BCUT2D eigenvalue weighted by Gasteiger charge is 2.37. The first-order chi connectivity index (χ1) is 9.04. The van der Waals surface area contributed by atoms with Crippen molar-refractivity contribution in [3.05, 3.63) is 30.1 Å². The Morgan fingerprint density at radius 2 is 2.26 bits per heavy atom. The third-order valence-corrected chi connectivity index (χ3v) is 3.42. The minimum atomic E-state index is -0.454. The molecule has 2 rings (SSSR count). The Morgan fingerprint density at radius 1 is 1.53 bits per heavy atom. The van der Waals surface area contributed by atoms with Gasteiger partial charge in [0.1, 0.15) is 11.9 Å². The predicted molar refractivity (Wildman–Crippen MR) is 70.0 cm³/mol. The highest BCUT2D eigenvalue weighted by atomic mass is 19.1. The summed E-state index contributed by atoms with van der Waals surface area (Å²) in [4.78, 5) is 15.9. The van der Waals surface area contributed by atoms with Gasteiger partial charge in [0.15, 0.2) is 0 Å². The van der Waals surface area contributed by atoms with Crippen LogP contribution in [0.2, 0.25) is 0 Å². The number of carbonyl (C=O) groups excluding carboxylic acids is 1. The third-order valence-electron chi connectivity index (χ3n) is 3.42. The number of piperazine rings is 1. The van der Waals surface area contributed by atoms with Crippen LogP contribution in [0.15, 0.2) is 24.3 Å². The molecule has 0 saturated carbocycles. The van der Waals surface area contributed by atoms with Crippen molar-refractivity contribution in [2.45, 2.75) is 25.4 Å². The van der Waals surface area contributed by atoms with Gasteiger partial charge in [0.05, 0.1) is 12.5 Å². The van der Waals surface area contributed by atoms with Gasteiger partial charge in [-0.2, -0.15) is 5.26 Å². The molecule has 1 aliphatic rings. The van der Waals surface area contributed by atoms with Crippen molar-refractivity contribution in [1.82, 2.24) is 4.90 Å². The van der Waals surface area contributed by atoms with Crippen LogP contribution in [0.5, 0.6) is 0 Å². The van der Waals surface area contributed by atoms with Crippen LogP contribution in [0.1, 0.15) is 13.3 Å². The van der Waals surface area contributed by atoms with E-state index in [2.05, 4.69) is 0 Å². The SMILES string of the molecule is CC1CN(C)C(CC#N)C(=O)N1c1cccc(F)c1. The van der Waals surface area contributed by atoms with Crippen molar-refractivity contribution in [3.63, 3.8) is 0 Å². The summed E-state index contributed by atoms with van der Waals surface area (Å²) in [5, 5.41) is 8.81. The first-order valence-corrected chi connectivity index (χ1v) is 6.20. The summed E-state index contributed by atoms with van der Waals surface area (Å²) in [6.45, 7) is 2.58. The monoisotopic (exact) mass is 261 g/mol. The van der Waals surface area contributed by atoms with Crippen molar-refractivity contribution in [3.8, 4) is 6.07 Å². The quantitative estimate of drug-likeness (QED) is 0.815. The number of halogens is 1. The zero-order valence-corrected chi connectivity index (χ0v) is 11.0. The Balaban J connectivity index is 2.33. The molecule has 0 spiro atoms. The predicted octanol–water partition coefficient (Wildman–Crippen LogP) is 1.77. The van der Waals surface area contributed by atoms with Crippen molar-refractivity contribution < 1.29 is 9.18 Å². The minimum Gasteiger partial charge on any atom is -0.307 e. The topological polar surface area (TPSA) is 47.3 Å². The van der Waals surface area contributed by atoms with Gasteiger partial charge in [-0.1, -0.05) is 6.07 Å². The molecule has 0 N–H and O–H groups in total. The van der Waals surface area contributed by atoms with Gasteiger partial charge in [-0.15, -0.1) is 0 Å². The Labute approximate surface area is 112 Å². The number of nitrogens with zero attached hydrogens (tertiary/aromatic N) is 3. The largest absolute Gasteiger partial charge is 0.307 e. The van der Waals surface area contributed by atoms with Crippen LogP contribution in [0.3, 0.4) is 0 Å². The van der Waals surface area contributed by atoms with E-state index in [9.17, 15) is 9.18 Å². The third kappa shape index (κ3) is 2.59. The van der Waals surface area contributed by atoms with E-state index >= 15 is 0 Å². The van der Waals surface area contributed by atoms with E-state index in [1.807, 2.05) is 24.9 Å². The molecule has 5 heteroatoms. The molecule has 1 heterocycles. The normalized spacial score (nSPS) is 24.3. The molecule has 2 unspecified atom stereocenters. The summed E-state index contributed by atoms with van der Waals surface area (Å²) < 4.78 is 13.3. The summed E-state index contributed by atoms with van der Waals surface area (Å²) in [5.41, 5.74) is 0.550. The van der Waals surface area contributed by atoms with Gasteiger partial charge in [0, 0.05) is 18.3 Å². The van der Waals surface area contributed by atoms with Crippen molar-refractivity contribution in [1.29, 1.82) is 5.26 Å². The number of hydrogen-bond acceptors (Lipinski definition) is 3. The second-order valence-corrected chi connectivity index (χ2v) is 4.85. The number of hydrogen-bond donors (Lipinski definition) is 0. The Kier molecular flexibility index (Phi) is 3.82. The zero-order chi connectivity index (χ0) is 14.0. The summed E-state index contributed by atoms with van der Waals surface area (Å²) in [5.74, 6) is -0.512. The maximum Gasteiger partial charge on any atom is 0.245 e. The molecule has 0 aromatic heterocycles. The maximum absolute atomic E-state index is 13.3. The van der Waals surface area contributed by atoms with Crippen LogP contribution >= 0.6 is 0 Å². The van der Waals surface area contributed by atoms with E-state index in [4.69, 9.17) is 5.26 Å².